The number of hydrogen-bond acceptors (Lipinski definition) is 8. The minimum Gasteiger partial charge on any atom is -0.593 e. The van der Waals surface area contributed by atoms with Gasteiger partial charge < -0.3 is 18.9 Å². The number of carbonyl (C=O) groups excluding carboxylic acids is 1. The molecule has 2 aromatic heterocycles. The summed E-state index contributed by atoms with van der Waals surface area (Å²) in [5.74, 6) is -0.0850. The van der Waals surface area contributed by atoms with Crippen LogP contribution in [-0.4, -0.2) is 81.2 Å². The van der Waals surface area contributed by atoms with Crippen LogP contribution in [0.15, 0.2) is 52.3 Å². The van der Waals surface area contributed by atoms with Gasteiger partial charge in [-0.15, -0.1) is 4.31 Å². The normalized spacial score (nSPS) is 16.3. The molecule has 35 heavy (non-hydrogen) atoms. The summed E-state index contributed by atoms with van der Waals surface area (Å²) in [6.45, 7) is 1.26. The van der Waals surface area contributed by atoms with Crippen molar-refractivity contribution in [1.82, 2.24) is 23.7 Å². The number of rotatable bonds is 8. The number of pyridine rings is 1. The van der Waals surface area contributed by atoms with E-state index in [4.69, 9.17) is 9.47 Å². The third-order valence-electron chi connectivity index (χ3n) is 5.84. The molecule has 1 saturated heterocycles. The molecule has 1 atom stereocenters. The van der Waals surface area contributed by atoms with Crippen LogP contribution in [-0.2, 0) is 25.9 Å². The van der Waals surface area contributed by atoms with Crippen LogP contribution in [0.4, 0.5) is 0 Å². The monoisotopic (exact) mass is 501 g/mol. The minimum absolute atomic E-state index is 0.0997. The van der Waals surface area contributed by atoms with E-state index in [1.54, 1.807) is 37.6 Å². The number of aromatic nitrogens is 3. The lowest BCUT2D eigenvalue weighted by Gasteiger charge is -2.35. The molecule has 0 spiro atoms. The Labute approximate surface area is 203 Å². The number of methoxy groups -OCH3 is 2. The smallest absolute Gasteiger partial charge is 0.283 e. The first-order valence-corrected chi connectivity index (χ1v) is 12.6. The molecule has 1 aromatic carbocycles. The van der Waals surface area contributed by atoms with E-state index in [0.717, 1.165) is 0 Å². The maximum atomic E-state index is 13.3. The minimum atomic E-state index is -3.75. The molecule has 186 valence electrons. The second kappa shape index (κ2) is 10.6. The van der Waals surface area contributed by atoms with Gasteiger partial charge in [0.2, 0.25) is 0 Å². The molecule has 11 nitrogen and oxygen atoms in total. The first-order chi connectivity index (χ1) is 16.9. The molecule has 1 fully saturated rings. The van der Waals surface area contributed by atoms with Crippen molar-refractivity contribution in [3.8, 4) is 5.75 Å². The molecule has 0 N–H and O–H groups in total. The standard InChI is InChI=1S/C23H27N5O6S/c1-33-15-5-10-28-21-19(8-4-9-24-21)25-20(23(28)30)22(29)26-11-13-27(14-12-26)35(31,32)18-7-3-6-17(16-18)34-2/h3-4,6-9,16H,5,10-15H2,1-2H3. The molecule has 0 aliphatic carbocycles. The maximum Gasteiger partial charge on any atom is 0.283 e. The number of carbonyl (C=O) groups is 1. The van der Waals surface area contributed by atoms with E-state index in [9.17, 15) is 18.4 Å². The van der Waals surface area contributed by atoms with Crippen molar-refractivity contribution in [3.05, 3.63) is 58.6 Å². The van der Waals surface area contributed by atoms with Gasteiger partial charge in [-0.1, -0.05) is 10.3 Å². The van der Waals surface area contributed by atoms with Gasteiger partial charge in [0.1, 0.15) is 11.3 Å². The van der Waals surface area contributed by atoms with Crippen molar-refractivity contribution < 1.29 is 23.0 Å². The summed E-state index contributed by atoms with van der Waals surface area (Å²) < 4.78 is 39.1. The fourth-order valence-corrected chi connectivity index (χ4v) is 5.44. The summed E-state index contributed by atoms with van der Waals surface area (Å²) in [6.07, 6.45) is 2.14. The van der Waals surface area contributed by atoms with Crippen LogP contribution in [0.3, 0.4) is 0 Å². The Morgan fingerprint density at radius 2 is 1.91 bits per heavy atom. The summed E-state index contributed by atoms with van der Waals surface area (Å²) in [5, 5.41) is 0. The Morgan fingerprint density at radius 1 is 1.14 bits per heavy atom. The molecule has 0 radical (unpaired) electrons. The molecule has 1 unspecified atom stereocenters. The molecule has 1 aliphatic rings. The Kier molecular flexibility index (Phi) is 7.55. The molecule has 0 saturated carbocycles. The molecular formula is C23H27N5O6S. The predicted octanol–water partition coefficient (Wildman–Crippen LogP) is 1.20. The van der Waals surface area contributed by atoms with E-state index in [-0.39, 0.29) is 36.8 Å². The van der Waals surface area contributed by atoms with Crippen LogP contribution in [0.2, 0.25) is 0 Å². The Morgan fingerprint density at radius 3 is 2.63 bits per heavy atom. The summed E-state index contributed by atoms with van der Waals surface area (Å²) >= 11 is 0. The molecule has 1 aliphatic heterocycles. The zero-order valence-corrected chi connectivity index (χ0v) is 20.4. The van der Waals surface area contributed by atoms with E-state index >= 15 is 0 Å². The van der Waals surface area contributed by atoms with Crippen molar-refractivity contribution >= 4 is 27.5 Å². The van der Waals surface area contributed by atoms with Gasteiger partial charge in [-0.25, -0.2) is 9.97 Å². The number of sulfonamides is 1. The van der Waals surface area contributed by atoms with Crippen LogP contribution < -0.4 is 10.3 Å². The fraction of sp³-hybridized carbons (Fsp3) is 0.391. The van der Waals surface area contributed by atoms with Crippen LogP contribution in [0, 0.1) is 0 Å². The van der Waals surface area contributed by atoms with Crippen LogP contribution in [0.1, 0.15) is 16.9 Å². The second-order valence-electron chi connectivity index (χ2n) is 7.98. The van der Waals surface area contributed by atoms with Gasteiger partial charge in [-0.2, -0.15) is 0 Å². The first kappa shape index (κ1) is 24.9. The number of nitrogens with zero attached hydrogens (tertiary/aromatic N) is 5. The van der Waals surface area contributed by atoms with Crippen molar-refractivity contribution in [2.24, 2.45) is 0 Å². The van der Waals surface area contributed by atoms with E-state index in [2.05, 4.69) is 9.97 Å². The number of ether oxygens (including phenoxy) is 2. The zero-order valence-electron chi connectivity index (χ0n) is 19.6. The average Bonchev–Trinajstić information content (AvgIpc) is 2.89. The number of benzene rings is 1. The highest BCUT2D eigenvalue weighted by Gasteiger charge is 2.36. The summed E-state index contributed by atoms with van der Waals surface area (Å²) in [4.78, 5) is 36.6. The average molecular weight is 502 g/mol. The van der Waals surface area contributed by atoms with Crippen LogP contribution >= 0.6 is 0 Å². The number of amides is 1. The lowest BCUT2D eigenvalue weighted by Crippen LogP contribution is -2.53. The molecule has 0 bridgehead atoms. The number of fused-ring (bicyclic) bond motifs is 1. The second-order valence-corrected chi connectivity index (χ2v) is 9.92. The van der Waals surface area contributed by atoms with Gasteiger partial charge in [0.25, 0.3) is 11.5 Å². The third-order valence-corrected chi connectivity index (χ3v) is 7.73. The highest BCUT2D eigenvalue weighted by molar-refractivity contribution is 7.95. The third kappa shape index (κ3) is 5.10. The molecule has 3 aromatic rings. The Hall–Kier alpha value is -3.19. The quantitative estimate of drug-likeness (QED) is 0.332. The maximum absolute atomic E-state index is 13.3. The van der Waals surface area contributed by atoms with E-state index in [0.29, 0.717) is 36.5 Å². The highest BCUT2D eigenvalue weighted by atomic mass is 32.3. The van der Waals surface area contributed by atoms with E-state index in [1.165, 1.54) is 33.0 Å². The molecule has 3 heterocycles. The van der Waals surface area contributed by atoms with Gasteiger partial charge in [0, 0.05) is 45.6 Å². The summed E-state index contributed by atoms with van der Waals surface area (Å²) in [6, 6.07) is 9.65. The van der Waals surface area contributed by atoms with E-state index < -0.39 is 21.9 Å². The van der Waals surface area contributed by atoms with Gasteiger partial charge in [-0.3, -0.25) is 14.2 Å². The topological polar surface area (TPSA) is 130 Å². The van der Waals surface area contributed by atoms with Crippen LogP contribution in [0.25, 0.3) is 11.2 Å². The number of aryl methyl sites for hydroxylation is 1. The Balaban J connectivity index is 1.54. The fourth-order valence-electron chi connectivity index (χ4n) is 3.98. The summed E-state index contributed by atoms with van der Waals surface area (Å²) in [5.41, 5.74) is 0.113. The zero-order chi connectivity index (χ0) is 25.0. The number of hydrogen-bond donors (Lipinski definition) is 0. The van der Waals surface area contributed by atoms with Crippen LogP contribution in [0.5, 0.6) is 5.75 Å². The van der Waals surface area contributed by atoms with Gasteiger partial charge in [0.05, 0.1) is 20.2 Å². The Bertz CT molecular complexity index is 1320. The van der Waals surface area contributed by atoms with E-state index in [1.807, 2.05) is 0 Å². The lowest BCUT2D eigenvalue weighted by atomic mass is 10.3. The lowest BCUT2D eigenvalue weighted by molar-refractivity contribution is 0.0685. The summed E-state index contributed by atoms with van der Waals surface area (Å²) in [7, 11) is -0.702. The SMILES string of the molecule is COCCCn1c(=O)c(C(=O)N2CCN([S+](=O)([O-])c3cccc(OC)c3)CC2)nc2cccnc21. The highest BCUT2D eigenvalue weighted by Crippen LogP contribution is 2.26. The number of piperazine rings is 1. The molecule has 4 rings (SSSR count). The van der Waals surface area contributed by atoms with Crippen molar-refractivity contribution in [2.45, 2.75) is 17.9 Å². The predicted molar refractivity (Wildman–Crippen MR) is 128 cm³/mol. The molecule has 12 heteroatoms. The van der Waals surface area contributed by atoms with Crippen molar-refractivity contribution in [2.75, 3.05) is 47.0 Å². The van der Waals surface area contributed by atoms with Gasteiger partial charge >= 0.3 is 0 Å². The molecule has 1 amide bonds. The van der Waals surface area contributed by atoms with Gasteiger partial charge in [-0.05, 0) is 30.7 Å². The van der Waals surface area contributed by atoms with Crippen molar-refractivity contribution in [1.29, 1.82) is 0 Å². The largest absolute Gasteiger partial charge is 0.593 e. The van der Waals surface area contributed by atoms with Gasteiger partial charge in [0.15, 0.2) is 26.6 Å². The molecular weight excluding hydrogens is 474 g/mol. The van der Waals surface area contributed by atoms with Crippen molar-refractivity contribution in [3.63, 3.8) is 0 Å². The first-order valence-electron chi connectivity index (χ1n) is 11.1.